The molecule has 2 amide bonds. The second-order valence-electron chi connectivity index (χ2n) is 6.51. The highest BCUT2D eigenvalue weighted by atomic mass is 16.5. The van der Waals surface area contributed by atoms with Crippen LogP contribution in [0.3, 0.4) is 0 Å². The van der Waals surface area contributed by atoms with E-state index >= 15 is 0 Å². The van der Waals surface area contributed by atoms with Crippen molar-refractivity contribution in [3.8, 4) is 0 Å². The van der Waals surface area contributed by atoms with Crippen LogP contribution in [0.15, 0.2) is 30.3 Å². The van der Waals surface area contributed by atoms with Crippen molar-refractivity contribution in [3.63, 3.8) is 0 Å². The molecule has 7 nitrogen and oxygen atoms in total. The van der Waals surface area contributed by atoms with Crippen molar-refractivity contribution in [2.45, 2.75) is 45.6 Å². The van der Waals surface area contributed by atoms with Gasteiger partial charge >= 0.3 is 5.97 Å². The molecule has 2 N–H and O–H groups in total. The van der Waals surface area contributed by atoms with E-state index in [2.05, 4.69) is 5.43 Å². The fourth-order valence-corrected chi connectivity index (χ4v) is 2.48. The van der Waals surface area contributed by atoms with Gasteiger partial charge in [-0.3, -0.25) is 15.0 Å². The fourth-order valence-electron chi connectivity index (χ4n) is 2.48. The van der Waals surface area contributed by atoms with Crippen molar-refractivity contribution in [1.82, 2.24) is 10.4 Å². The van der Waals surface area contributed by atoms with E-state index in [1.54, 1.807) is 0 Å². The number of nitrogens with zero attached hydrogens (tertiary/aromatic N) is 1. The lowest BCUT2D eigenvalue weighted by Gasteiger charge is -2.30. The molecule has 0 fully saturated rings. The van der Waals surface area contributed by atoms with Gasteiger partial charge in [0.1, 0.15) is 0 Å². The summed E-state index contributed by atoms with van der Waals surface area (Å²) < 4.78 is 4.89. The van der Waals surface area contributed by atoms with Crippen molar-refractivity contribution in [2.24, 2.45) is 5.92 Å². The van der Waals surface area contributed by atoms with Crippen LogP contribution in [0, 0.1) is 5.92 Å². The number of aliphatic carboxylic acids is 1. The number of rotatable bonds is 10. The Morgan fingerprint density at radius 2 is 1.81 bits per heavy atom. The minimum absolute atomic E-state index is 0.00264. The molecule has 0 aromatic heterocycles. The van der Waals surface area contributed by atoms with Crippen LogP contribution in [0.4, 0.5) is 0 Å². The Hall–Kier alpha value is -2.41. The predicted molar refractivity (Wildman–Crippen MR) is 97.1 cm³/mol. The third kappa shape index (κ3) is 7.65. The number of amides is 2. The Bertz CT molecular complexity index is 589. The molecule has 0 radical (unpaired) electrons. The smallest absolute Gasteiger partial charge is 0.328 e. The van der Waals surface area contributed by atoms with Crippen molar-refractivity contribution < 1.29 is 24.2 Å². The van der Waals surface area contributed by atoms with Gasteiger partial charge in [-0.25, -0.2) is 9.80 Å². The van der Waals surface area contributed by atoms with Crippen LogP contribution in [-0.2, 0) is 25.5 Å². The van der Waals surface area contributed by atoms with Gasteiger partial charge in [-0.05, 0) is 24.3 Å². The molecule has 0 aliphatic heterocycles. The highest BCUT2D eigenvalue weighted by Gasteiger charge is 2.31. The van der Waals surface area contributed by atoms with Gasteiger partial charge in [0.05, 0.1) is 13.0 Å². The summed E-state index contributed by atoms with van der Waals surface area (Å²) >= 11 is 0. The number of hydrogen-bond acceptors (Lipinski definition) is 4. The Kier molecular flexibility index (Phi) is 9.36. The molecular formula is C19H28N2O5. The molecule has 0 bridgehead atoms. The Balaban J connectivity index is 2.80. The summed E-state index contributed by atoms with van der Waals surface area (Å²) in [6, 6.07) is 8.37. The normalized spacial score (nSPS) is 11.8. The lowest BCUT2D eigenvalue weighted by atomic mass is 10.0. The first-order valence-corrected chi connectivity index (χ1v) is 8.72. The minimum atomic E-state index is -1.15. The number of nitrogens with one attached hydrogen (secondary N) is 1. The number of carbonyl (C=O) groups is 3. The highest BCUT2D eigenvalue weighted by molar-refractivity contribution is 5.86. The number of methoxy groups -OCH3 is 1. The van der Waals surface area contributed by atoms with E-state index in [9.17, 15) is 19.5 Å². The van der Waals surface area contributed by atoms with Gasteiger partial charge in [-0.1, -0.05) is 44.2 Å². The Labute approximate surface area is 154 Å². The van der Waals surface area contributed by atoms with E-state index in [-0.39, 0.29) is 31.8 Å². The highest BCUT2D eigenvalue weighted by Crippen LogP contribution is 2.12. The lowest BCUT2D eigenvalue weighted by molar-refractivity contribution is -0.157. The van der Waals surface area contributed by atoms with Crippen molar-refractivity contribution >= 4 is 17.8 Å². The van der Waals surface area contributed by atoms with Crippen LogP contribution < -0.4 is 5.43 Å². The van der Waals surface area contributed by atoms with Gasteiger partial charge in [0.15, 0.2) is 6.04 Å². The van der Waals surface area contributed by atoms with Gasteiger partial charge in [0.25, 0.3) is 0 Å². The van der Waals surface area contributed by atoms with Gasteiger partial charge < -0.3 is 9.84 Å². The molecule has 1 aromatic rings. The maximum Gasteiger partial charge on any atom is 0.328 e. The summed E-state index contributed by atoms with van der Waals surface area (Å²) in [5.41, 5.74) is 3.49. The van der Waals surface area contributed by atoms with Crippen LogP contribution >= 0.6 is 0 Å². The van der Waals surface area contributed by atoms with Gasteiger partial charge in [-0.2, -0.15) is 0 Å². The molecule has 1 unspecified atom stereocenters. The molecule has 0 aliphatic rings. The Morgan fingerprint density at radius 1 is 1.15 bits per heavy atom. The topological polar surface area (TPSA) is 95.9 Å². The molecule has 0 heterocycles. The fraction of sp³-hybridized carbons (Fsp3) is 0.526. The first-order valence-electron chi connectivity index (χ1n) is 8.72. The maximum absolute atomic E-state index is 12.4. The zero-order chi connectivity index (χ0) is 19.5. The Morgan fingerprint density at radius 3 is 2.35 bits per heavy atom. The molecule has 26 heavy (non-hydrogen) atoms. The molecule has 1 atom stereocenters. The molecule has 1 rings (SSSR count). The van der Waals surface area contributed by atoms with E-state index in [4.69, 9.17) is 4.74 Å². The number of hydrogen-bond donors (Lipinski definition) is 2. The van der Waals surface area contributed by atoms with E-state index < -0.39 is 23.8 Å². The molecule has 7 heteroatoms. The number of hydrazine groups is 1. The summed E-state index contributed by atoms with van der Waals surface area (Å²) in [6.45, 7) is 3.89. The van der Waals surface area contributed by atoms with Gasteiger partial charge in [0, 0.05) is 13.5 Å². The zero-order valence-electron chi connectivity index (χ0n) is 15.6. The summed E-state index contributed by atoms with van der Waals surface area (Å²) in [5.74, 6) is -1.97. The van der Waals surface area contributed by atoms with E-state index in [1.807, 2.05) is 44.2 Å². The minimum Gasteiger partial charge on any atom is -0.480 e. The number of aryl methyl sites for hydroxylation is 1. The van der Waals surface area contributed by atoms with Crippen LogP contribution in [0.25, 0.3) is 0 Å². The summed E-state index contributed by atoms with van der Waals surface area (Å²) in [4.78, 5) is 36.3. The van der Waals surface area contributed by atoms with Crippen molar-refractivity contribution in [2.75, 3.05) is 13.7 Å². The third-order valence-corrected chi connectivity index (χ3v) is 3.81. The average Bonchev–Trinajstić information content (AvgIpc) is 2.61. The van der Waals surface area contributed by atoms with Crippen molar-refractivity contribution in [1.29, 1.82) is 0 Å². The molecule has 0 aliphatic carbocycles. The lowest BCUT2D eigenvalue weighted by Crippen LogP contribution is -2.55. The first-order chi connectivity index (χ1) is 12.3. The molecule has 0 saturated heterocycles. The summed E-state index contributed by atoms with van der Waals surface area (Å²) in [6.07, 6.45) is 0.908. The second-order valence-corrected chi connectivity index (χ2v) is 6.51. The van der Waals surface area contributed by atoms with Gasteiger partial charge in [0.2, 0.25) is 11.8 Å². The molecule has 0 saturated carbocycles. The number of carboxylic acid groups (broad SMARTS) is 1. The van der Waals surface area contributed by atoms with E-state index in [1.165, 1.54) is 7.11 Å². The predicted octanol–water partition coefficient (Wildman–Crippen LogP) is 2.01. The van der Waals surface area contributed by atoms with E-state index in [0.717, 1.165) is 10.6 Å². The molecular weight excluding hydrogens is 336 g/mol. The van der Waals surface area contributed by atoms with Crippen LogP contribution in [0.1, 0.15) is 38.7 Å². The number of carbonyl (C=O) groups excluding carboxylic acids is 2. The zero-order valence-corrected chi connectivity index (χ0v) is 15.6. The maximum atomic E-state index is 12.4. The SMILES string of the molecule is COCCC(=O)N(NC(=O)CCc1ccccc1)C(CC(C)C)C(=O)O. The van der Waals surface area contributed by atoms with Crippen molar-refractivity contribution in [3.05, 3.63) is 35.9 Å². The standard InChI is InChI=1S/C19H28N2O5/c1-14(2)13-16(19(24)25)21(18(23)11-12-26-3)20-17(22)10-9-15-7-5-4-6-8-15/h4-8,14,16H,9-13H2,1-3H3,(H,20,22)(H,24,25). The van der Waals surface area contributed by atoms with Gasteiger partial charge in [-0.15, -0.1) is 0 Å². The average molecular weight is 364 g/mol. The number of carboxylic acids is 1. The largest absolute Gasteiger partial charge is 0.480 e. The quantitative estimate of drug-likeness (QED) is 0.619. The molecule has 0 spiro atoms. The third-order valence-electron chi connectivity index (χ3n) is 3.81. The van der Waals surface area contributed by atoms with Crippen LogP contribution in [0.5, 0.6) is 0 Å². The van der Waals surface area contributed by atoms with E-state index in [0.29, 0.717) is 6.42 Å². The van der Waals surface area contributed by atoms with Crippen LogP contribution in [0.2, 0.25) is 0 Å². The van der Waals surface area contributed by atoms with Crippen LogP contribution in [-0.4, -0.2) is 47.7 Å². The summed E-state index contributed by atoms with van der Waals surface area (Å²) in [5, 5.41) is 10.5. The second kappa shape index (κ2) is 11.3. The molecule has 1 aromatic carbocycles. The monoisotopic (exact) mass is 364 g/mol. The number of ether oxygens (including phenoxy) is 1. The summed E-state index contributed by atoms with van der Waals surface area (Å²) in [7, 11) is 1.46. The first kappa shape index (κ1) is 21.6. The number of benzene rings is 1. The molecule has 144 valence electrons.